The lowest BCUT2D eigenvalue weighted by Crippen LogP contribution is -2.48. The zero-order chi connectivity index (χ0) is 19.2. The van der Waals surface area contributed by atoms with Gasteiger partial charge in [0.05, 0.1) is 10.6 Å². The highest BCUT2D eigenvalue weighted by atomic mass is 32.2. The fourth-order valence-corrected chi connectivity index (χ4v) is 5.86. The molecule has 1 saturated heterocycles. The monoisotopic (exact) mass is 403 g/mol. The van der Waals surface area contributed by atoms with Crippen molar-refractivity contribution < 1.29 is 16.8 Å². The fraction of sp³-hybridized carbons (Fsp3) is 0.647. The molecule has 0 bridgehead atoms. The third-order valence-electron chi connectivity index (χ3n) is 4.49. The van der Waals surface area contributed by atoms with Crippen LogP contribution in [-0.4, -0.2) is 70.5 Å². The highest BCUT2D eigenvalue weighted by molar-refractivity contribution is 7.90. The number of rotatable bonds is 9. The molecule has 1 heterocycles. The van der Waals surface area contributed by atoms with Crippen LogP contribution in [0.1, 0.15) is 25.3 Å². The number of unbranched alkanes of at least 4 members (excludes halogenated alkanes) is 1. The molecule has 0 aliphatic carbocycles. The minimum atomic E-state index is -3.71. The number of nitrogens with one attached hydrogen (secondary N) is 1. The van der Waals surface area contributed by atoms with Crippen LogP contribution in [-0.2, 0) is 20.0 Å². The van der Waals surface area contributed by atoms with Crippen LogP contribution in [0.4, 0.5) is 0 Å². The van der Waals surface area contributed by atoms with Crippen LogP contribution >= 0.6 is 0 Å². The molecule has 1 N–H and O–H groups in total. The third-order valence-corrected chi connectivity index (χ3v) is 8.25. The number of nitrogens with zero attached hydrogens (tertiary/aromatic N) is 2. The topological polar surface area (TPSA) is 86.8 Å². The molecule has 0 amide bonds. The highest BCUT2D eigenvalue weighted by Gasteiger charge is 2.29. The lowest BCUT2D eigenvalue weighted by Gasteiger charge is -2.28. The zero-order valence-corrected chi connectivity index (χ0v) is 17.2. The summed E-state index contributed by atoms with van der Waals surface area (Å²) in [5.74, 6) is -0.193. The Hall–Kier alpha value is -1.00. The van der Waals surface area contributed by atoms with Gasteiger partial charge in [0, 0.05) is 39.3 Å². The van der Waals surface area contributed by atoms with Gasteiger partial charge in [0.25, 0.3) is 0 Å². The van der Waals surface area contributed by atoms with E-state index in [-0.39, 0.29) is 17.2 Å². The lowest BCUT2D eigenvalue weighted by atomic mass is 10.2. The van der Waals surface area contributed by atoms with E-state index in [0.29, 0.717) is 39.1 Å². The van der Waals surface area contributed by atoms with Crippen molar-refractivity contribution in [3.63, 3.8) is 0 Å². The van der Waals surface area contributed by atoms with Gasteiger partial charge in [0.15, 0.2) is 0 Å². The maximum absolute atomic E-state index is 13.0. The van der Waals surface area contributed by atoms with Crippen molar-refractivity contribution in [3.8, 4) is 0 Å². The van der Waals surface area contributed by atoms with Crippen molar-refractivity contribution in [1.29, 1.82) is 0 Å². The van der Waals surface area contributed by atoms with Crippen molar-refractivity contribution in [3.05, 3.63) is 29.8 Å². The summed E-state index contributed by atoms with van der Waals surface area (Å²) in [5, 5.41) is 3.12. The Bertz CT molecular complexity index is 771. The molecular formula is C17H29N3O4S2. The molecule has 26 heavy (non-hydrogen) atoms. The summed E-state index contributed by atoms with van der Waals surface area (Å²) in [5.41, 5.74) is 0.977. The van der Waals surface area contributed by atoms with Gasteiger partial charge in [-0.1, -0.05) is 31.0 Å². The van der Waals surface area contributed by atoms with Crippen molar-refractivity contribution in [1.82, 2.24) is 13.9 Å². The van der Waals surface area contributed by atoms with Crippen LogP contribution < -0.4 is 5.32 Å². The van der Waals surface area contributed by atoms with E-state index in [1.54, 1.807) is 24.3 Å². The average molecular weight is 404 g/mol. The molecule has 0 saturated carbocycles. The quantitative estimate of drug-likeness (QED) is 0.665. The van der Waals surface area contributed by atoms with Crippen molar-refractivity contribution in [2.24, 2.45) is 0 Å². The first-order chi connectivity index (χ1) is 12.3. The highest BCUT2D eigenvalue weighted by Crippen LogP contribution is 2.18. The second-order valence-electron chi connectivity index (χ2n) is 6.54. The van der Waals surface area contributed by atoms with E-state index in [4.69, 9.17) is 0 Å². The first-order valence-corrected chi connectivity index (χ1v) is 12.1. The predicted molar refractivity (Wildman–Crippen MR) is 103 cm³/mol. The largest absolute Gasteiger partial charge is 0.314 e. The molecule has 1 aliphatic rings. The predicted octanol–water partition coefficient (Wildman–Crippen LogP) is 1.02. The van der Waals surface area contributed by atoms with Crippen molar-refractivity contribution in [2.45, 2.75) is 31.6 Å². The molecule has 0 spiro atoms. The van der Waals surface area contributed by atoms with Gasteiger partial charge in [-0.3, -0.25) is 0 Å². The van der Waals surface area contributed by atoms with Gasteiger partial charge in [-0.05, 0) is 25.5 Å². The van der Waals surface area contributed by atoms with Gasteiger partial charge in [-0.2, -0.15) is 8.61 Å². The van der Waals surface area contributed by atoms with Crippen molar-refractivity contribution in [2.75, 3.05) is 45.0 Å². The Kier molecular flexibility index (Phi) is 7.60. The Morgan fingerprint density at radius 1 is 1.04 bits per heavy atom. The SMILES string of the molecule is CCCCN(CCS(=O)(=O)N1CCNCC1)S(=O)(=O)c1ccc(C)cc1. The second kappa shape index (κ2) is 9.27. The Labute approximate surface area is 157 Å². The molecular weight excluding hydrogens is 374 g/mol. The zero-order valence-electron chi connectivity index (χ0n) is 15.5. The molecule has 1 fully saturated rings. The van der Waals surface area contributed by atoms with Gasteiger partial charge >= 0.3 is 0 Å². The van der Waals surface area contributed by atoms with Crippen LogP contribution in [0.3, 0.4) is 0 Å². The van der Waals surface area contributed by atoms with E-state index in [1.165, 1.54) is 8.61 Å². The van der Waals surface area contributed by atoms with Gasteiger partial charge in [0.2, 0.25) is 20.0 Å². The third kappa shape index (κ3) is 5.50. The number of hydrogen-bond donors (Lipinski definition) is 1. The molecule has 1 aromatic carbocycles. The summed E-state index contributed by atoms with van der Waals surface area (Å²) in [6.07, 6.45) is 1.53. The summed E-state index contributed by atoms with van der Waals surface area (Å²) in [7, 11) is -7.17. The summed E-state index contributed by atoms with van der Waals surface area (Å²) >= 11 is 0. The Morgan fingerprint density at radius 2 is 1.65 bits per heavy atom. The first kappa shape index (κ1) is 21.3. The van der Waals surface area contributed by atoms with E-state index in [2.05, 4.69) is 5.32 Å². The lowest BCUT2D eigenvalue weighted by molar-refractivity contribution is 0.355. The molecule has 148 valence electrons. The number of hydrogen-bond acceptors (Lipinski definition) is 5. The second-order valence-corrected chi connectivity index (χ2v) is 10.6. The van der Waals surface area contributed by atoms with Gasteiger partial charge < -0.3 is 5.32 Å². The maximum atomic E-state index is 13.0. The number of benzene rings is 1. The average Bonchev–Trinajstić information content (AvgIpc) is 2.62. The van der Waals surface area contributed by atoms with Crippen LogP contribution in [0, 0.1) is 6.92 Å². The Balaban J connectivity index is 2.14. The molecule has 0 atom stereocenters. The first-order valence-electron chi connectivity index (χ1n) is 9.03. The van der Waals surface area contributed by atoms with Gasteiger partial charge in [-0.25, -0.2) is 16.8 Å². The molecule has 0 unspecified atom stereocenters. The number of aryl methyl sites for hydroxylation is 1. The number of sulfonamides is 2. The summed E-state index contributed by atoms with van der Waals surface area (Å²) < 4.78 is 53.7. The van der Waals surface area contributed by atoms with Crippen LogP contribution in [0.15, 0.2) is 29.2 Å². The van der Waals surface area contributed by atoms with Crippen LogP contribution in [0.2, 0.25) is 0 Å². The summed E-state index contributed by atoms with van der Waals surface area (Å²) in [6.45, 7) is 6.29. The molecule has 1 aliphatic heterocycles. The van der Waals surface area contributed by atoms with E-state index in [1.807, 2.05) is 13.8 Å². The van der Waals surface area contributed by atoms with E-state index in [0.717, 1.165) is 12.0 Å². The van der Waals surface area contributed by atoms with E-state index in [9.17, 15) is 16.8 Å². The number of piperazine rings is 1. The molecule has 9 heteroatoms. The Morgan fingerprint density at radius 3 is 2.23 bits per heavy atom. The van der Waals surface area contributed by atoms with E-state index < -0.39 is 20.0 Å². The maximum Gasteiger partial charge on any atom is 0.243 e. The molecule has 0 radical (unpaired) electrons. The fourth-order valence-electron chi connectivity index (χ4n) is 2.81. The minimum absolute atomic E-state index is 0.0253. The summed E-state index contributed by atoms with van der Waals surface area (Å²) in [4.78, 5) is 0.207. The molecule has 0 aromatic heterocycles. The molecule has 2 rings (SSSR count). The normalized spacial score (nSPS) is 16.9. The molecule has 7 nitrogen and oxygen atoms in total. The van der Waals surface area contributed by atoms with Crippen molar-refractivity contribution >= 4 is 20.0 Å². The summed E-state index contributed by atoms with van der Waals surface area (Å²) in [6, 6.07) is 6.66. The minimum Gasteiger partial charge on any atom is -0.314 e. The van der Waals surface area contributed by atoms with Crippen LogP contribution in [0.5, 0.6) is 0 Å². The van der Waals surface area contributed by atoms with Gasteiger partial charge in [-0.15, -0.1) is 0 Å². The van der Waals surface area contributed by atoms with Gasteiger partial charge in [0.1, 0.15) is 0 Å². The van der Waals surface area contributed by atoms with Crippen LogP contribution in [0.25, 0.3) is 0 Å². The smallest absolute Gasteiger partial charge is 0.243 e. The molecule has 1 aromatic rings. The van der Waals surface area contributed by atoms with E-state index >= 15 is 0 Å². The standard InChI is InChI=1S/C17H29N3O4S2/c1-3-4-11-20(26(23,24)17-7-5-16(2)6-8-17)14-15-25(21,22)19-12-9-18-10-13-19/h5-8,18H,3-4,9-15H2,1-2H3.